The van der Waals surface area contributed by atoms with Gasteiger partial charge in [0, 0.05) is 30.7 Å². The lowest BCUT2D eigenvalue weighted by atomic mass is 10.1. The maximum atomic E-state index is 13.3. The van der Waals surface area contributed by atoms with Crippen molar-refractivity contribution in [2.75, 3.05) is 22.7 Å². The molecule has 3 N–H and O–H groups in total. The van der Waals surface area contributed by atoms with Gasteiger partial charge in [0.15, 0.2) is 11.6 Å². The smallest absolute Gasteiger partial charge is 0.417 e. The SMILES string of the molecule is O=C(NO)c1cc2ccc(S(=O)(=O)Nc3cc(C(F)(F)F)cnc3N3CCCCC3)cc2o1. The van der Waals surface area contributed by atoms with Crippen molar-refractivity contribution in [1.29, 1.82) is 0 Å². The van der Waals surface area contributed by atoms with Gasteiger partial charge < -0.3 is 9.32 Å². The van der Waals surface area contributed by atoms with Gasteiger partial charge in [0.25, 0.3) is 10.0 Å². The van der Waals surface area contributed by atoms with Crippen LogP contribution in [0.25, 0.3) is 11.0 Å². The monoisotopic (exact) mass is 484 g/mol. The van der Waals surface area contributed by atoms with Crippen molar-refractivity contribution in [2.24, 2.45) is 0 Å². The number of halogens is 3. The Balaban J connectivity index is 1.72. The fourth-order valence-corrected chi connectivity index (χ4v) is 4.66. The molecule has 1 aliphatic rings. The second-order valence-corrected chi connectivity index (χ2v) is 9.18. The number of anilines is 2. The lowest BCUT2D eigenvalue weighted by Crippen LogP contribution is -2.31. The van der Waals surface area contributed by atoms with Gasteiger partial charge in [-0.05, 0) is 43.5 Å². The highest BCUT2D eigenvalue weighted by Gasteiger charge is 2.33. The highest BCUT2D eigenvalue weighted by Crippen LogP contribution is 2.36. The predicted octanol–water partition coefficient (Wildman–Crippen LogP) is 3.76. The number of furan rings is 1. The third-order valence-corrected chi connectivity index (χ3v) is 6.58. The normalized spacial score (nSPS) is 15.0. The Kier molecular flexibility index (Phi) is 5.93. The van der Waals surface area contributed by atoms with E-state index in [1.54, 1.807) is 4.90 Å². The summed E-state index contributed by atoms with van der Waals surface area (Å²) >= 11 is 0. The van der Waals surface area contributed by atoms with E-state index in [1.165, 1.54) is 23.7 Å². The molecule has 1 aromatic carbocycles. The van der Waals surface area contributed by atoms with Crippen molar-refractivity contribution in [3.05, 3.63) is 47.9 Å². The van der Waals surface area contributed by atoms with Gasteiger partial charge in [0.05, 0.1) is 16.1 Å². The number of alkyl halides is 3. The van der Waals surface area contributed by atoms with Gasteiger partial charge in [0.2, 0.25) is 0 Å². The molecule has 0 radical (unpaired) electrons. The van der Waals surface area contributed by atoms with Crippen molar-refractivity contribution in [1.82, 2.24) is 10.5 Å². The Morgan fingerprint density at radius 1 is 1.12 bits per heavy atom. The molecule has 1 saturated heterocycles. The zero-order valence-electron chi connectivity index (χ0n) is 17.0. The summed E-state index contributed by atoms with van der Waals surface area (Å²) < 4.78 is 73.4. The molecular weight excluding hydrogens is 465 g/mol. The molecule has 2 aromatic heterocycles. The van der Waals surface area contributed by atoms with Crippen molar-refractivity contribution in [3.63, 3.8) is 0 Å². The zero-order valence-corrected chi connectivity index (χ0v) is 17.8. The Bertz CT molecular complexity index is 1300. The van der Waals surface area contributed by atoms with Crippen molar-refractivity contribution >= 4 is 38.4 Å². The summed E-state index contributed by atoms with van der Waals surface area (Å²) in [6.07, 6.45) is -1.42. The molecule has 3 aromatic rings. The highest BCUT2D eigenvalue weighted by molar-refractivity contribution is 7.92. The van der Waals surface area contributed by atoms with Crippen LogP contribution in [0.5, 0.6) is 0 Å². The third-order valence-electron chi connectivity index (χ3n) is 5.22. The molecule has 176 valence electrons. The Labute approximate surface area is 186 Å². The molecule has 13 heteroatoms. The average Bonchev–Trinajstić information content (AvgIpc) is 3.22. The molecular formula is C20H19F3N4O5S. The first kappa shape index (κ1) is 22.9. The number of carbonyl (C=O) groups excluding carboxylic acids is 1. The fraction of sp³-hybridized carbons (Fsp3) is 0.300. The summed E-state index contributed by atoms with van der Waals surface area (Å²) in [5, 5.41) is 9.11. The van der Waals surface area contributed by atoms with E-state index in [-0.39, 0.29) is 27.7 Å². The molecule has 1 amide bonds. The molecule has 0 spiro atoms. The van der Waals surface area contributed by atoms with Gasteiger partial charge in [-0.1, -0.05) is 0 Å². The predicted molar refractivity (Wildman–Crippen MR) is 112 cm³/mol. The minimum atomic E-state index is -4.70. The van der Waals surface area contributed by atoms with Gasteiger partial charge in [-0.15, -0.1) is 0 Å². The van der Waals surface area contributed by atoms with E-state index in [9.17, 15) is 26.4 Å². The van der Waals surface area contributed by atoms with Crippen LogP contribution < -0.4 is 15.1 Å². The van der Waals surface area contributed by atoms with Crippen LogP contribution in [0.15, 0.2) is 45.8 Å². The van der Waals surface area contributed by atoms with Crippen molar-refractivity contribution in [3.8, 4) is 0 Å². The van der Waals surface area contributed by atoms with Crippen LogP contribution >= 0.6 is 0 Å². The topological polar surface area (TPSA) is 125 Å². The van der Waals surface area contributed by atoms with Gasteiger partial charge >= 0.3 is 12.1 Å². The van der Waals surface area contributed by atoms with Gasteiger partial charge in [-0.25, -0.2) is 18.9 Å². The minimum absolute atomic E-state index is 0.0369. The summed E-state index contributed by atoms with van der Waals surface area (Å²) in [5.41, 5.74) is 0.0778. The Morgan fingerprint density at radius 2 is 1.85 bits per heavy atom. The van der Waals surface area contributed by atoms with Crippen LogP contribution in [0.2, 0.25) is 0 Å². The number of amides is 1. The van der Waals surface area contributed by atoms with E-state index < -0.39 is 27.7 Å². The molecule has 0 saturated carbocycles. The summed E-state index contributed by atoms with van der Waals surface area (Å²) in [7, 11) is -4.34. The lowest BCUT2D eigenvalue weighted by Gasteiger charge is -2.29. The summed E-state index contributed by atoms with van der Waals surface area (Å²) in [6, 6.07) is 5.76. The van der Waals surface area contributed by atoms with E-state index in [2.05, 4.69) is 9.71 Å². The number of nitrogens with zero attached hydrogens (tertiary/aromatic N) is 2. The van der Waals surface area contributed by atoms with E-state index >= 15 is 0 Å². The van der Waals surface area contributed by atoms with Crippen LogP contribution in [0.3, 0.4) is 0 Å². The van der Waals surface area contributed by atoms with Gasteiger partial charge in [0.1, 0.15) is 5.58 Å². The number of piperidine rings is 1. The fourth-order valence-electron chi connectivity index (χ4n) is 3.59. The largest absolute Gasteiger partial charge is 0.451 e. The van der Waals surface area contributed by atoms with Crippen LogP contribution in [0, 0.1) is 0 Å². The second kappa shape index (κ2) is 8.56. The second-order valence-electron chi connectivity index (χ2n) is 7.50. The molecule has 4 rings (SSSR count). The molecule has 0 bridgehead atoms. The minimum Gasteiger partial charge on any atom is -0.451 e. The highest BCUT2D eigenvalue weighted by atomic mass is 32.2. The first-order valence-electron chi connectivity index (χ1n) is 9.91. The lowest BCUT2D eigenvalue weighted by molar-refractivity contribution is -0.137. The number of benzene rings is 1. The van der Waals surface area contributed by atoms with Crippen LogP contribution in [-0.2, 0) is 16.2 Å². The molecule has 0 unspecified atom stereocenters. The maximum absolute atomic E-state index is 13.3. The number of nitrogens with one attached hydrogen (secondary N) is 2. The first-order chi connectivity index (χ1) is 15.6. The summed E-state index contributed by atoms with van der Waals surface area (Å²) in [6.45, 7) is 1.09. The van der Waals surface area contributed by atoms with Crippen LogP contribution in [-0.4, -0.2) is 37.6 Å². The summed E-state index contributed by atoms with van der Waals surface area (Å²) in [5.74, 6) is -1.05. The molecule has 1 aliphatic heterocycles. The van der Waals surface area contributed by atoms with E-state index in [4.69, 9.17) is 9.62 Å². The summed E-state index contributed by atoms with van der Waals surface area (Å²) in [4.78, 5) is 16.9. The van der Waals surface area contributed by atoms with E-state index in [0.29, 0.717) is 24.7 Å². The standard InChI is InChI=1S/C20H19F3N4O5S/c21-20(22,23)13-9-15(18(24-11-13)27-6-2-1-3-7-27)26-33(30,31)14-5-4-12-8-17(19(28)25-29)32-16(12)10-14/h4-5,8-11,26,29H,1-3,6-7H2,(H,25,28). The maximum Gasteiger partial charge on any atom is 0.417 e. The van der Waals surface area contributed by atoms with E-state index in [1.807, 2.05) is 0 Å². The molecule has 33 heavy (non-hydrogen) atoms. The number of sulfonamides is 1. The third kappa shape index (κ3) is 4.73. The number of rotatable bonds is 5. The molecule has 9 nitrogen and oxygen atoms in total. The van der Waals surface area contributed by atoms with Gasteiger partial charge in [-0.3, -0.25) is 14.7 Å². The number of hydroxylamine groups is 1. The molecule has 0 aliphatic carbocycles. The first-order valence-corrected chi connectivity index (χ1v) is 11.4. The number of fused-ring (bicyclic) bond motifs is 1. The van der Waals surface area contributed by atoms with E-state index in [0.717, 1.165) is 31.4 Å². The molecule has 0 atom stereocenters. The number of hydrogen-bond acceptors (Lipinski definition) is 7. The zero-order chi connectivity index (χ0) is 23.8. The number of hydrogen-bond donors (Lipinski definition) is 3. The number of pyridine rings is 1. The van der Waals surface area contributed by atoms with Crippen molar-refractivity contribution < 1.29 is 36.0 Å². The number of carbonyl (C=O) groups is 1. The quantitative estimate of drug-likeness (QED) is 0.372. The molecule has 3 heterocycles. The Morgan fingerprint density at radius 3 is 2.52 bits per heavy atom. The Hall–Kier alpha value is -3.32. The van der Waals surface area contributed by atoms with Crippen molar-refractivity contribution in [2.45, 2.75) is 30.3 Å². The van der Waals surface area contributed by atoms with Gasteiger partial charge in [-0.2, -0.15) is 13.2 Å². The molecule has 1 fully saturated rings. The van der Waals surface area contributed by atoms with Crippen LogP contribution in [0.4, 0.5) is 24.7 Å². The average molecular weight is 484 g/mol. The van der Waals surface area contributed by atoms with Crippen LogP contribution in [0.1, 0.15) is 35.4 Å². The number of aromatic nitrogens is 1.